The molecule has 1 aliphatic rings. The molecule has 2 unspecified atom stereocenters. The Bertz CT molecular complexity index is 789. The van der Waals surface area contributed by atoms with Crippen molar-refractivity contribution in [3.8, 4) is 0 Å². The molecule has 0 aliphatic heterocycles. The van der Waals surface area contributed by atoms with Gasteiger partial charge in [0.05, 0.1) is 6.61 Å². The zero-order valence-corrected chi connectivity index (χ0v) is 20.2. The fraction of sp³-hybridized carbons (Fsp3) is 0.593. The lowest BCUT2D eigenvalue weighted by Gasteiger charge is -2.32. The third-order valence-electron chi connectivity index (χ3n) is 5.70. The van der Waals surface area contributed by atoms with Gasteiger partial charge in [-0.3, -0.25) is 0 Å². The van der Waals surface area contributed by atoms with Gasteiger partial charge < -0.3 is 14.2 Å². The van der Waals surface area contributed by atoms with E-state index in [0.29, 0.717) is 6.42 Å². The highest BCUT2D eigenvalue weighted by Crippen LogP contribution is 2.33. The number of carbonyl (C=O) groups is 1. The molecule has 190 valence electrons. The Morgan fingerprint density at radius 1 is 1.00 bits per heavy atom. The molecule has 0 radical (unpaired) electrons. The van der Waals surface area contributed by atoms with Gasteiger partial charge in [0.2, 0.25) is 6.10 Å². The average Bonchev–Trinajstić information content (AvgIpc) is 2.83. The average molecular weight is 483 g/mol. The molecule has 2 atom stereocenters. The van der Waals surface area contributed by atoms with Crippen LogP contribution in [0.2, 0.25) is 0 Å². The molecule has 0 saturated heterocycles. The van der Waals surface area contributed by atoms with E-state index in [1.807, 2.05) is 36.4 Å². The Kier molecular flexibility index (Phi) is 11.8. The molecule has 0 aromatic heterocycles. The molecule has 0 spiro atoms. The predicted octanol–water partition coefficient (Wildman–Crippen LogP) is 7.05. The van der Waals surface area contributed by atoms with E-state index in [1.165, 1.54) is 12.5 Å². The minimum absolute atomic E-state index is 0.1000. The van der Waals surface area contributed by atoms with Gasteiger partial charge in [-0.25, -0.2) is 4.79 Å². The lowest BCUT2D eigenvalue weighted by molar-refractivity contribution is -0.240. The second kappa shape index (κ2) is 14.3. The van der Waals surface area contributed by atoms with E-state index in [9.17, 15) is 18.0 Å². The molecule has 0 bridgehead atoms. The summed E-state index contributed by atoms with van der Waals surface area (Å²) < 4.78 is 56.5. The van der Waals surface area contributed by atoms with E-state index in [1.54, 1.807) is 13.0 Å². The number of alkyl halides is 3. The van der Waals surface area contributed by atoms with Crippen LogP contribution < -0.4 is 0 Å². The summed E-state index contributed by atoms with van der Waals surface area (Å²) in [5, 5.41) is 0. The molecule has 0 heterocycles. The number of hydrogen-bond acceptors (Lipinski definition) is 4. The van der Waals surface area contributed by atoms with Crippen molar-refractivity contribution in [3.63, 3.8) is 0 Å². The molecule has 0 fully saturated rings. The molecule has 0 N–H and O–H groups in total. The van der Waals surface area contributed by atoms with Crippen molar-refractivity contribution < 1.29 is 32.2 Å². The van der Waals surface area contributed by atoms with Gasteiger partial charge >= 0.3 is 12.1 Å². The second-order valence-electron chi connectivity index (χ2n) is 8.58. The highest BCUT2D eigenvalue weighted by Gasteiger charge is 2.48. The van der Waals surface area contributed by atoms with Crippen molar-refractivity contribution in [1.29, 1.82) is 0 Å². The number of allylic oxidation sites excluding steroid dienone is 2. The fourth-order valence-electron chi connectivity index (χ4n) is 3.68. The largest absolute Gasteiger partial charge is 0.448 e. The first kappa shape index (κ1) is 28.1. The van der Waals surface area contributed by atoms with Crippen molar-refractivity contribution in [2.75, 3.05) is 19.8 Å². The van der Waals surface area contributed by atoms with E-state index >= 15 is 0 Å². The van der Waals surface area contributed by atoms with Gasteiger partial charge in [-0.2, -0.15) is 13.2 Å². The molecule has 1 aromatic carbocycles. The standard InChI is InChI=1S/C27H37F3O4/c1-3-5-6-7-8-12-20-33-26(17-15-23(16-18-26)22-13-10-9-11-14-22)25(31)34-24(27(28,29)30)21-32-19-4-2/h9-11,13-17,24H,3-8,12,18-21H2,1-2H3. The van der Waals surface area contributed by atoms with E-state index in [-0.39, 0.29) is 19.6 Å². The number of esters is 1. The molecule has 0 saturated carbocycles. The summed E-state index contributed by atoms with van der Waals surface area (Å²) in [6.07, 6.45) is 4.86. The third kappa shape index (κ3) is 8.91. The number of carbonyl (C=O) groups excluding carboxylic acids is 1. The van der Waals surface area contributed by atoms with Gasteiger partial charge in [-0.15, -0.1) is 0 Å². The fourth-order valence-corrected chi connectivity index (χ4v) is 3.68. The highest BCUT2D eigenvalue weighted by atomic mass is 19.4. The first-order valence-electron chi connectivity index (χ1n) is 12.3. The maximum atomic E-state index is 13.5. The van der Waals surface area contributed by atoms with Crippen LogP contribution in [0.4, 0.5) is 13.2 Å². The van der Waals surface area contributed by atoms with E-state index < -0.39 is 30.5 Å². The van der Waals surface area contributed by atoms with Crippen molar-refractivity contribution in [3.05, 3.63) is 54.1 Å². The molecule has 1 aromatic rings. The minimum Gasteiger partial charge on any atom is -0.448 e. The van der Waals surface area contributed by atoms with Crippen molar-refractivity contribution in [1.82, 2.24) is 0 Å². The minimum atomic E-state index is -4.73. The summed E-state index contributed by atoms with van der Waals surface area (Å²) in [7, 11) is 0. The summed E-state index contributed by atoms with van der Waals surface area (Å²) >= 11 is 0. The Morgan fingerprint density at radius 3 is 2.32 bits per heavy atom. The summed E-state index contributed by atoms with van der Waals surface area (Å²) in [4.78, 5) is 13.1. The lowest BCUT2D eigenvalue weighted by Crippen LogP contribution is -2.47. The van der Waals surface area contributed by atoms with Crippen LogP contribution in [0.1, 0.15) is 70.8 Å². The first-order chi connectivity index (χ1) is 16.3. The van der Waals surface area contributed by atoms with Gasteiger partial charge in [-0.1, -0.05) is 88.4 Å². The summed E-state index contributed by atoms with van der Waals surface area (Å²) in [6, 6.07) is 9.57. The highest BCUT2D eigenvalue weighted by molar-refractivity contribution is 5.87. The Labute approximate surface area is 201 Å². The second-order valence-corrected chi connectivity index (χ2v) is 8.58. The number of ether oxygens (including phenoxy) is 3. The maximum Gasteiger partial charge on any atom is 0.427 e. The number of hydrogen-bond donors (Lipinski definition) is 0. The van der Waals surface area contributed by atoms with Gasteiger partial charge in [0.1, 0.15) is 0 Å². The third-order valence-corrected chi connectivity index (χ3v) is 5.70. The van der Waals surface area contributed by atoms with Crippen LogP contribution in [0.15, 0.2) is 48.6 Å². The van der Waals surface area contributed by atoms with Crippen LogP contribution in [0, 0.1) is 0 Å². The van der Waals surface area contributed by atoms with E-state index in [0.717, 1.165) is 43.2 Å². The summed E-state index contributed by atoms with van der Waals surface area (Å²) in [5.41, 5.74) is 0.249. The summed E-state index contributed by atoms with van der Waals surface area (Å²) in [5.74, 6) is -1.04. The van der Waals surface area contributed by atoms with Crippen LogP contribution in [-0.4, -0.2) is 43.7 Å². The van der Waals surface area contributed by atoms with Crippen LogP contribution in [-0.2, 0) is 19.0 Å². The van der Waals surface area contributed by atoms with Gasteiger partial charge in [0.25, 0.3) is 0 Å². The van der Waals surface area contributed by atoms with Gasteiger partial charge in [0, 0.05) is 19.6 Å². The predicted molar refractivity (Wildman–Crippen MR) is 127 cm³/mol. The van der Waals surface area contributed by atoms with Crippen LogP contribution in [0.3, 0.4) is 0 Å². The molecule has 7 heteroatoms. The molecule has 34 heavy (non-hydrogen) atoms. The van der Waals surface area contributed by atoms with Crippen molar-refractivity contribution in [2.45, 2.75) is 83.1 Å². The van der Waals surface area contributed by atoms with Crippen LogP contribution in [0.5, 0.6) is 0 Å². The zero-order chi connectivity index (χ0) is 24.9. The maximum absolute atomic E-state index is 13.5. The zero-order valence-electron chi connectivity index (χ0n) is 20.2. The molecule has 0 amide bonds. The van der Waals surface area contributed by atoms with Gasteiger partial charge in [0.15, 0.2) is 5.60 Å². The van der Waals surface area contributed by atoms with Gasteiger partial charge in [-0.05, 0) is 30.1 Å². The Morgan fingerprint density at radius 2 is 1.71 bits per heavy atom. The number of rotatable bonds is 15. The lowest BCUT2D eigenvalue weighted by atomic mass is 9.89. The SMILES string of the molecule is CCCCCCCCOC1(C(=O)OC(COCCC)C(F)(F)F)C=CC(c2ccccc2)=CC1. The van der Waals surface area contributed by atoms with E-state index in [4.69, 9.17) is 14.2 Å². The van der Waals surface area contributed by atoms with Crippen LogP contribution >= 0.6 is 0 Å². The molecule has 2 rings (SSSR count). The molecule has 1 aliphatic carbocycles. The first-order valence-corrected chi connectivity index (χ1v) is 12.3. The van der Waals surface area contributed by atoms with Crippen LogP contribution in [0.25, 0.3) is 5.57 Å². The topological polar surface area (TPSA) is 44.8 Å². The van der Waals surface area contributed by atoms with E-state index in [2.05, 4.69) is 6.92 Å². The quantitative estimate of drug-likeness (QED) is 0.199. The smallest absolute Gasteiger partial charge is 0.427 e. The molecular weight excluding hydrogens is 445 g/mol. The number of unbranched alkanes of at least 4 members (excludes halogenated alkanes) is 5. The summed E-state index contributed by atoms with van der Waals surface area (Å²) in [6.45, 7) is 3.64. The normalized spacial score (nSPS) is 19.0. The van der Waals surface area contributed by atoms with Crippen molar-refractivity contribution in [2.24, 2.45) is 0 Å². The Balaban J connectivity index is 2.10. The Hall–Kier alpha value is -2.12. The molecule has 4 nitrogen and oxygen atoms in total. The number of halogens is 3. The number of benzene rings is 1. The van der Waals surface area contributed by atoms with Crippen molar-refractivity contribution >= 4 is 11.5 Å². The monoisotopic (exact) mass is 482 g/mol. The molecular formula is C27H37F3O4.